The maximum atomic E-state index is 11.9. The molecule has 0 heterocycles. The first kappa shape index (κ1) is 15.2. The van der Waals surface area contributed by atoms with Crippen molar-refractivity contribution in [2.75, 3.05) is 12.4 Å². The SMILES string of the molecule is COc1ccc(N/C=C/C(=O)c2ccc([N+](=O)[O-])cc2)cc1. The Hall–Kier alpha value is -3.15. The van der Waals surface area contributed by atoms with Crippen LogP contribution in [0.15, 0.2) is 60.8 Å². The largest absolute Gasteiger partial charge is 0.497 e. The fourth-order valence-corrected chi connectivity index (χ4v) is 1.74. The van der Waals surface area contributed by atoms with Crippen LogP contribution in [-0.2, 0) is 0 Å². The molecule has 112 valence electrons. The number of carbonyl (C=O) groups excluding carboxylic acids is 1. The highest BCUT2D eigenvalue weighted by Gasteiger charge is 2.06. The number of anilines is 1. The van der Waals surface area contributed by atoms with Crippen molar-refractivity contribution >= 4 is 17.2 Å². The van der Waals surface area contributed by atoms with Gasteiger partial charge in [0.05, 0.1) is 12.0 Å². The smallest absolute Gasteiger partial charge is 0.269 e. The summed E-state index contributed by atoms with van der Waals surface area (Å²) in [5.41, 5.74) is 1.16. The van der Waals surface area contributed by atoms with Gasteiger partial charge in [0.25, 0.3) is 5.69 Å². The van der Waals surface area contributed by atoms with Crippen molar-refractivity contribution < 1.29 is 14.5 Å². The minimum absolute atomic E-state index is 0.0445. The summed E-state index contributed by atoms with van der Waals surface area (Å²) in [6, 6.07) is 12.7. The van der Waals surface area contributed by atoms with Gasteiger partial charge < -0.3 is 10.1 Å². The van der Waals surface area contributed by atoms with Crippen molar-refractivity contribution in [2.24, 2.45) is 0 Å². The molecule has 0 amide bonds. The molecule has 0 saturated carbocycles. The predicted molar refractivity (Wildman–Crippen MR) is 83.2 cm³/mol. The molecular formula is C16H14N2O4. The summed E-state index contributed by atoms with van der Waals surface area (Å²) in [5, 5.41) is 13.5. The van der Waals surface area contributed by atoms with E-state index in [0.717, 1.165) is 11.4 Å². The van der Waals surface area contributed by atoms with Crippen LogP contribution < -0.4 is 10.1 Å². The number of ketones is 1. The number of nitro groups is 1. The maximum absolute atomic E-state index is 11.9. The Morgan fingerprint density at radius 1 is 1.14 bits per heavy atom. The third-order valence-corrected chi connectivity index (χ3v) is 2.94. The Morgan fingerprint density at radius 3 is 2.32 bits per heavy atom. The molecule has 2 aromatic rings. The number of methoxy groups -OCH3 is 1. The molecule has 2 aromatic carbocycles. The average molecular weight is 298 g/mol. The zero-order valence-electron chi connectivity index (χ0n) is 11.9. The highest BCUT2D eigenvalue weighted by atomic mass is 16.6. The molecule has 0 aromatic heterocycles. The molecule has 0 spiro atoms. The molecule has 22 heavy (non-hydrogen) atoms. The molecule has 0 bridgehead atoms. The van der Waals surface area contributed by atoms with E-state index in [4.69, 9.17) is 4.74 Å². The number of benzene rings is 2. The summed E-state index contributed by atoms with van der Waals surface area (Å²) < 4.78 is 5.05. The number of carbonyl (C=O) groups is 1. The lowest BCUT2D eigenvalue weighted by Crippen LogP contribution is -1.97. The fraction of sp³-hybridized carbons (Fsp3) is 0.0625. The molecule has 0 aliphatic carbocycles. The van der Waals surface area contributed by atoms with Gasteiger partial charge in [0.2, 0.25) is 0 Å². The number of hydrogen-bond donors (Lipinski definition) is 1. The summed E-state index contributed by atoms with van der Waals surface area (Å²) in [6.45, 7) is 0. The molecule has 0 aliphatic heterocycles. The summed E-state index contributed by atoms with van der Waals surface area (Å²) in [4.78, 5) is 21.9. The van der Waals surface area contributed by atoms with Crippen LogP contribution in [0, 0.1) is 10.1 Å². The van der Waals surface area contributed by atoms with Gasteiger partial charge in [-0.15, -0.1) is 0 Å². The molecule has 6 heteroatoms. The first-order valence-corrected chi connectivity index (χ1v) is 6.46. The lowest BCUT2D eigenvalue weighted by Gasteiger charge is -2.02. The minimum atomic E-state index is -0.505. The fourth-order valence-electron chi connectivity index (χ4n) is 1.74. The van der Waals surface area contributed by atoms with Crippen LogP contribution in [0.25, 0.3) is 0 Å². The highest BCUT2D eigenvalue weighted by Crippen LogP contribution is 2.15. The van der Waals surface area contributed by atoms with E-state index in [-0.39, 0.29) is 11.5 Å². The number of non-ortho nitro benzene ring substituents is 1. The summed E-state index contributed by atoms with van der Waals surface area (Å²) in [7, 11) is 1.59. The van der Waals surface area contributed by atoms with Crippen LogP contribution in [0.3, 0.4) is 0 Å². The van der Waals surface area contributed by atoms with Crippen molar-refractivity contribution in [3.05, 3.63) is 76.5 Å². The Bertz CT molecular complexity index is 691. The van der Waals surface area contributed by atoms with Crippen LogP contribution >= 0.6 is 0 Å². The number of nitrogens with one attached hydrogen (secondary N) is 1. The lowest BCUT2D eigenvalue weighted by molar-refractivity contribution is -0.384. The first-order valence-electron chi connectivity index (χ1n) is 6.46. The number of hydrogen-bond acceptors (Lipinski definition) is 5. The van der Waals surface area contributed by atoms with E-state index in [9.17, 15) is 14.9 Å². The number of rotatable bonds is 6. The van der Waals surface area contributed by atoms with E-state index in [1.807, 2.05) is 12.1 Å². The van der Waals surface area contributed by atoms with Gasteiger partial charge >= 0.3 is 0 Å². The molecule has 6 nitrogen and oxygen atoms in total. The van der Waals surface area contributed by atoms with Gasteiger partial charge in [-0.25, -0.2) is 0 Å². The maximum Gasteiger partial charge on any atom is 0.269 e. The van der Waals surface area contributed by atoms with Crippen LogP contribution in [0.1, 0.15) is 10.4 Å². The monoisotopic (exact) mass is 298 g/mol. The van der Waals surface area contributed by atoms with E-state index in [1.54, 1.807) is 19.2 Å². The first-order chi connectivity index (χ1) is 10.6. The summed E-state index contributed by atoms with van der Waals surface area (Å²) in [6.07, 6.45) is 2.89. The second-order valence-corrected chi connectivity index (χ2v) is 4.37. The number of ether oxygens (including phenoxy) is 1. The van der Waals surface area contributed by atoms with Crippen molar-refractivity contribution in [2.45, 2.75) is 0 Å². The van der Waals surface area contributed by atoms with Crippen LogP contribution in [0.5, 0.6) is 5.75 Å². The lowest BCUT2D eigenvalue weighted by atomic mass is 10.1. The second-order valence-electron chi connectivity index (χ2n) is 4.37. The van der Waals surface area contributed by atoms with Crippen molar-refractivity contribution in [3.63, 3.8) is 0 Å². The van der Waals surface area contributed by atoms with Gasteiger partial charge in [0.1, 0.15) is 5.75 Å². The van der Waals surface area contributed by atoms with Crippen molar-refractivity contribution in [1.82, 2.24) is 0 Å². The number of nitro benzene ring substituents is 1. The Kier molecular flexibility index (Phi) is 4.87. The van der Waals surface area contributed by atoms with Gasteiger partial charge in [0, 0.05) is 35.7 Å². The molecule has 0 radical (unpaired) electrons. The topological polar surface area (TPSA) is 81.5 Å². The van der Waals surface area contributed by atoms with E-state index in [0.29, 0.717) is 5.56 Å². The average Bonchev–Trinajstić information content (AvgIpc) is 2.55. The zero-order valence-corrected chi connectivity index (χ0v) is 11.9. The Labute approximate surface area is 127 Å². The van der Waals surface area contributed by atoms with Gasteiger partial charge in [-0.05, 0) is 36.4 Å². The van der Waals surface area contributed by atoms with E-state index >= 15 is 0 Å². The van der Waals surface area contributed by atoms with Gasteiger partial charge in [-0.2, -0.15) is 0 Å². The quantitative estimate of drug-likeness (QED) is 0.382. The molecule has 0 unspecified atom stereocenters. The zero-order chi connectivity index (χ0) is 15.9. The minimum Gasteiger partial charge on any atom is -0.497 e. The van der Waals surface area contributed by atoms with E-state index in [1.165, 1.54) is 36.5 Å². The molecule has 1 N–H and O–H groups in total. The predicted octanol–water partition coefficient (Wildman–Crippen LogP) is 3.41. The second kappa shape index (κ2) is 7.03. The van der Waals surface area contributed by atoms with Crippen LogP contribution in [0.4, 0.5) is 11.4 Å². The molecule has 0 aliphatic rings. The van der Waals surface area contributed by atoms with E-state index < -0.39 is 4.92 Å². The third-order valence-electron chi connectivity index (χ3n) is 2.94. The normalized spacial score (nSPS) is 10.4. The van der Waals surface area contributed by atoms with Gasteiger partial charge in [0.15, 0.2) is 5.78 Å². The molecule has 2 rings (SSSR count). The number of nitrogens with zero attached hydrogens (tertiary/aromatic N) is 1. The number of allylic oxidation sites excluding steroid dienone is 1. The van der Waals surface area contributed by atoms with Gasteiger partial charge in [-0.1, -0.05) is 0 Å². The summed E-state index contributed by atoms with van der Waals surface area (Å²) >= 11 is 0. The van der Waals surface area contributed by atoms with E-state index in [2.05, 4.69) is 5.32 Å². The highest BCUT2D eigenvalue weighted by molar-refractivity contribution is 6.04. The molecule has 0 atom stereocenters. The van der Waals surface area contributed by atoms with Crippen LogP contribution in [0.2, 0.25) is 0 Å². The Morgan fingerprint density at radius 2 is 1.77 bits per heavy atom. The Balaban J connectivity index is 1.96. The van der Waals surface area contributed by atoms with Crippen LogP contribution in [-0.4, -0.2) is 17.8 Å². The van der Waals surface area contributed by atoms with Crippen molar-refractivity contribution in [3.8, 4) is 5.75 Å². The standard InChI is InChI=1S/C16H14N2O4/c1-22-15-8-4-13(5-9-15)17-11-10-16(19)12-2-6-14(7-3-12)18(20)21/h2-11,17H,1H3/b11-10+. The van der Waals surface area contributed by atoms with Gasteiger partial charge in [-0.3, -0.25) is 14.9 Å². The van der Waals surface area contributed by atoms with Crippen molar-refractivity contribution in [1.29, 1.82) is 0 Å². The molecular weight excluding hydrogens is 284 g/mol. The molecule has 0 saturated heterocycles. The summed E-state index contributed by atoms with van der Waals surface area (Å²) in [5.74, 6) is 0.507. The molecule has 0 fully saturated rings. The third kappa shape index (κ3) is 3.92.